The Balaban J connectivity index is -0.00000000691. The van der Waals surface area contributed by atoms with Crippen LogP contribution in [0.25, 0.3) is 0 Å². The fourth-order valence-corrected chi connectivity index (χ4v) is 0. The Morgan fingerprint density at radius 3 is 0.706 bits per heavy atom. The molecule has 0 aromatic heterocycles. The van der Waals surface area contributed by atoms with Crippen molar-refractivity contribution in [3.8, 4) is 0 Å². The molecule has 0 radical (unpaired) electrons. The van der Waals surface area contributed by atoms with Gasteiger partial charge < -0.3 is 43.3 Å². The van der Waals surface area contributed by atoms with E-state index in [1.807, 2.05) is 0 Å². The Morgan fingerprint density at radius 2 is 0.706 bits per heavy atom. The zero-order valence-electron chi connectivity index (χ0n) is 7.74. The quantitative estimate of drug-likeness (QED) is 0.235. The van der Waals surface area contributed by atoms with Crippen LogP contribution >= 0.6 is 0 Å². The second-order valence-corrected chi connectivity index (χ2v) is 1.25. The number of rotatable bonds is 0. The maximum absolute atomic E-state index is 8.58. The van der Waals surface area contributed by atoms with Crippen molar-refractivity contribution in [1.29, 1.82) is 0 Å². The molecule has 0 rings (SSSR count). The summed E-state index contributed by atoms with van der Waals surface area (Å²) in [7, 11) is 0. The molecular formula is H14N2O14U. The summed E-state index contributed by atoms with van der Waals surface area (Å²) in [6.07, 6.45) is 0. The Kier molecular flexibility index (Phi) is 368. The van der Waals surface area contributed by atoms with Gasteiger partial charge in [0.2, 0.25) is 0 Å². The van der Waals surface area contributed by atoms with Gasteiger partial charge in [0.25, 0.3) is 10.2 Å². The molecule has 0 fully saturated rings. The van der Waals surface area contributed by atoms with Gasteiger partial charge in [0.15, 0.2) is 0 Å². The second kappa shape index (κ2) is 83.7. The second-order valence-electron chi connectivity index (χ2n) is 0.559. The Hall–Kier alpha value is -1.19. The Labute approximate surface area is 106 Å². The van der Waals surface area contributed by atoms with Gasteiger partial charge in [-0.2, -0.15) is 0 Å². The third kappa shape index (κ3) is 1720. The fourth-order valence-electron chi connectivity index (χ4n) is 0. The first-order chi connectivity index (χ1) is 4.88. The number of nitrogens with zero attached hydrogens (tertiary/aromatic N) is 2. The van der Waals surface area contributed by atoms with Crippen LogP contribution in [-0.4, -0.2) is 53.4 Å². The zero-order chi connectivity index (χ0) is 9.86. The van der Waals surface area contributed by atoms with Gasteiger partial charge in [-0.1, -0.05) is 0 Å². The molecule has 14 N–H and O–H groups in total. The van der Waals surface area contributed by atoms with Crippen LogP contribution in [0.1, 0.15) is 0 Å². The van der Waals surface area contributed by atoms with Crippen LogP contribution < -0.4 is 0 Å². The SMILES string of the molecule is O.O.O.O.O.O.O=[N+]([O-])O.O=[N+]([O-])O.[O]=[U]=[O]. The topological polar surface area (TPSA) is 350 Å². The van der Waals surface area contributed by atoms with Crippen molar-refractivity contribution in [3.05, 3.63) is 20.2 Å². The van der Waals surface area contributed by atoms with Crippen molar-refractivity contribution in [2.75, 3.05) is 0 Å². The summed E-state index contributed by atoms with van der Waals surface area (Å²) in [6.45, 7) is 0. The van der Waals surface area contributed by atoms with Crippen molar-refractivity contribution in [1.82, 2.24) is 0 Å². The first kappa shape index (κ1) is 74.8. The molecule has 0 bridgehead atoms. The molecule has 17 heavy (non-hydrogen) atoms. The fraction of sp³-hybridized carbons (Fsp3) is 0. The minimum absolute atomic E-state index is 0. The summed E-state index contributed by atoms with van der Waals surface area (Å²) < 4.78 is 17.2. The molecule has 0 spiro atoms. The number of hydrogen-bond acceptors (Lipinski definition) is 6. The van der Waals surface area contributed by atoms with Crippen LogP contribution in [0.4, 0.5) is 0 Å². The Morgan fingerprint density at radius 1 is 0.706 bits per heavy atom. The number of hydrogen-bond donors (Lipinski definition) is 2. The van der Waals surface area contributed by atoms with E-state index in [0.29, 0.717) is 0 Å². The average molecular weight is 504 g/mol. The molecule has 0 aliphatic rings. The van der Waals surface area contributed by atoms with E-state index in [1.165, 1.54) is 0 Å². The minimum atomic E-state index is -2.51. The van der Waals surface area contributed by atoms with E-state index in [1.54, 1.807) is 0 Å². The molecule has 17 heteroatoms. The van der Waals surface area contributed by atoms with E-state index < -0.39 is 38.0 Å². The van der Waals surface area contributed by atoms with Gasteiger partial charge in [-0.15, -0.1) is 20.2 Å². The molecule has 0 aromatic rings. The van der Waals surface area contributed by atoms with Crippen LogP contribution in [0.15, 0.2) is 0 Å². The van der Waals surface area contributed by atoms with Crippen LogP contribution in [0.2, 0.25) is 0 Å². The zero-order valence-corrected chi connectivity index (χ0v) is 11.9. The van der Waals surface area contributed by atoms with E-state index >= 15 is 0 Å². The molecule has 112 valence electrons. The first-order valence-corrected chi connectivity index (χ1v) is 4.94. The van der Waals surface area contributed by atoms with Crippen molar-refractivity contribution in [2.45, 2.75) is 0 Å². The Bertz CT molecular complexity index is 126. The molecule has 0 saturated carbocycles. The maximum atomic E-state index is 8.58. The molecular weight excluding hydrogens is 490 g/mol. The van der Waals surface area contributed by atoms with Crippen molar-refractivity contribution in [2.24, 2.45) is 0 Å². The van der Waals surface area contributed by atoms with E-state index in [0.717, 1.165) is 0 Å². The van der Waals surface area contributed by atoms with Gasteiger partial charge in [0.1, 0.15) is 0 Å². The molecule has 16 nitrogen and oxygen atoms in total. The van der Waals surface area contributed by atoms with Crippen molar-refractivity contribution in [3.63, 3.8) is 0 Å². The molecule has 0 atom stereocenters. The average Bonchev–Trinajstić information content (AvgIpc) is 1.60. The van der Waals surface area contributed by atoms with Crippen LogP contribution in [0, 0.1) is 48.0 Å². The summed E-state index contributed by atoms with van der Waals surface area (Å²) in [6, 6.07) is 0. The van der Waals surface area contributed by atoms with E-state index in [9.17, 15) is 0 Å². The van der Waals surface area contributed by atoms with E-state index in [-0.39, 0.29) is 32.9 Å². The van der Waals surface area contributed by atoms with Crippen molar-refractivity contribution >= 4 is 0 Å². The molecule has 0 unspecified atom stereocenters. The summed E-state index contributed by atoms with van der Waals surface area (Å²) in [5, 5.41) is 27.3. The molecule has 0 aliphatic heterocycles. The van der Waals surface area contributed by atoms with Crippen LogP contribution in [-0.2, 0) is 4.47 Å². The third-order valence-electron chi connectivity index (χ3n) is 0. The van der Waals surface area contributed by atoms with Gasteiger partial charge in [0.05, 0.1) is 0 Å². The summed E-state index contributed by atoms with van der Waals surface area (Å²) >= 11 is -2.51. The third-order valence-corrected chi connectivity index (χ3v) is 0. The van der Waals surface area contributed by atoms with Gasteiger partial charge in [-0.25, -0.2) is 0 Å². The summed E-state index contributed by atoms with van der Waals surface area (Å²) in [4.78, 5) is 16.7. The molecule has 0 heterocycles. The van der Waals surface area contributed by atoms with E-state index in [4.69, 9.17) is 35.1 Å². The van der Waals surface area contributed by atoms with Gasteiger partial charge >= 0.3 is 32.3 Å². The summed E-state index contributed by atoms with van der Waals surface area (Å²) in [5.74, 6) is 0. The standard InChI is InChI=1S/2HNO3.6H2O.2O.U/c2*2-1(3)4;;;;;;;;;/h2*(H,2,3,4);6*1H2;;;. The van der Waals surface area contributed by atoms with Crippen molar-refractivity contribution < 1.29 is 85.7 Å². The molecule has 0 aromatic carbocycles. The van der Waals surface area contributed by atoms with Gasteiger partial charge in [0, 0.05) is 0 Å². The molecule has 0 amide bonds. The normalized spacial score (nSPS) is 3.29. The molecule has 0 aliphatic carbocycles. The predicted octanol–water partition coefficient (Wildman–Crippen LogP) is -5.88. The molecule has 0 saturated heterocycles. The van der Waals surface area contributed by atoms with Crippen LogP contribution in [0.5, 0.6) is 0 Å². The van der Waals surface area contributed by atoms with Gasteiger partial charge in [-0.05, 0) is 0 Å². The van der Waals surface area contributed by atoms with E-state index in [2.05, 4.69) is 0 Å². The van der Waals surface area contributed by atoms with Gasteiger partial charge in [-0.3, -0.25) is 0 Å². The van der Waals surface area contributed by atoms with Crippen LogP contribution in [0.3, 0.4) is 0 Å². The predicted molar refractivity (Wildman–Crippen MR) is 40.6 cm³/mol. The first-order valence-electron chi connectivity index (χ1n) is 1.54. The monoisotopic (exact) mass is 504 g/mol. The summed E-state index contributed by atoms with van der Waals surface area (Å²) in [5.41, 5.74) is 0.